The number of rotatable bonds is 9. The van der Waals surface area contributed by atoms with Crippen LogP contribution in [0.25, 0.3) is 0 Å². The third kappa shape index (κ3) is 13.1. The first-order valence-electron chi connectivity index (χ1n) is 5.12. The zero-order valence-corrected chi connectivity index (χ0v) is 10.2. The third-order valence-electron chi connectivity index (χ3n) is 2.12. The molecule has 0 aromatic rings. The molecule has 0 heterocycles. The number of hydrogen-bond acceptors (Lipinski definition) is 2. The Labute approximate surface area is 147 Å². The summed E-state index contributed by atoms with van der Waals surface area (Å²) >= 11 is 3.07. The SMILES string of the molecule is O=C(O)CCCCCCCC(Br)C(=O)O.[KH]. The first kappa shape index (κ1) is 19.4. The molecule has 1 unspecified atom stereocenters. The fourth-order valence-electron chi connectivity index (χ4n) is 1.25. The summed E-state index contributed by atoms with van der Waals surface area (Å²) in [5, 5.41) is 17.0. The van der Waals surface area contributed by atoms with Crippen LogP contribution in [0.15, 0.2) is 0 Å². The van der Waals surface area contributed by atoms with Gasteiger partial charge in [-0.2, -0.15) is 0 Å². The van der Waals surface area contributed by atoms with Crippen LogP contribution in [0.5, 0.6) is 0 Å². The van der Waals surface area contributed by atoms with Crippen molar-refractivity contribution in [1.29, 1.82) is 0 Å². The van der Waals surface area contributed by atoms with E-state index in [1.807, 2.05) is 0 Å². The summed E-state index contributed by atoms with van der Waals surface area (Å²) in [5.74, 6) is -1.57. The Morgan fingerprint density at radius 1 is 1.00 bits per heavy atom. The zero-order chi connectivity index (χ0) is 11.7. The molecule has 1 atom stereocenters. The van der Waals surface area contributed by atoms with Crippen LogP contribution in [0.4, 0.5) is 0 Å². The Hall–Kier alpha value is 1.06. The normalized spacial score (nSPS) is 11.6. The molecule has 4 nitrogen and oxygen atoms in total. The molecule has 0 aliphatic carbocycles. The van der Waals surface area contributed by atoms with Crippen LogP contribution in [0.2, 0.25) is 0 Å². The summed E-state index contributed by atoms with van der Waals surface area (Å²) in [6, 6.07) is 0. The Bertz CT molecular complexity index is 211. The van der Waals surface area contributed by atoms with Gasteiger partial charge in [0.15, 0.2) is 0 Å². The van der Waals surface area contributed by atoms with E-state index in [9.17, 15) is 9.59 Å². The molecule has 0 bridgehead atoms. The van der Waals surface area contributed by atoms with Gasteiger partial charge in [0.2, 0.25) is 0 Å². The average molecular weight is 321 g/mol. The van der Waals surface area contributed by atoms with Crippen LogP contribution in [0.3, 0.4) is 0 Å². The van der Waals surface area contributed by atoms with Gasteiger partial charge in [-0.3, -0.25) is 9.59 Å². The Balaban J connectivity index is 0. The quantitative estimate of drug-likeness (QED) is 0.387. The van der Waals surface area contributed by atoms with Crippen LogP contribution >= 0.6 is 15.9 Å². The van der Waals surface area contributed by atoms with Crippen molar-refractivity contribution in [3.05, 3.63) is 0 Å². The molecule has 0 radical (unpaired) electrons. The van der Waals surface area contributed by atoms with Crippen LogP contribution in [-0.2, 0) is 9.59 Å². The van der Waals surface area contributed by atoms with E-state index in [0.717, 1.165) is 25.7 Å². The van der Waals surface area contributed by atoms with Crippen molar-refractivity contribution in [2.75, 3.05) is 0 Å². The van der Waals surface area contributed by atoms with Crippen LogP contribution < -0.4 is 0 Å². The fraction of sp³-hybridized carbons (Fsp3) is 0.800. The molecule has 0 aliphatic heterocycles. The summed E-state index contributed by atoms with van der Waals surface area (Å²) < 4.78 is 0. The standard InChI is InChI=1S/C10H17BrO4.K.H/c11-8(10(14)15)6-4-2-1-3-5-7-9(12)13;;/h8H,1-7H2,(H,12,13)(H,14,15);;. The van der Waals surface area contributed by atoms with Gasteiger partial charge in [-0.15, -0.1) is 0 Å². The summed E-state index contributed by atoms with van der Waals surface area (Å²) in [4.78, 5) is 20.2. The van der Waals surface area contributed by atoms with Crippen molar-refractivity contribution in [2.24, 2.45) is 0 Å². The van der Waals surface area contributed by atoms with E-state index in [1.165, 1.54) is 0 Å². The second-order valence-electron chi connectivity index (χ2n) is 3.51. The molecule has 0 fully saturated rings. The van der Waals surface area contributed by atoms with Crippen molar-refractivity contribution in [1.82, 2.24) is 0 Å². The van der Waals surface area contributed by atoms with E-state index in [-0.39, 0.29) is 57.8 Å². The van der Waals surface area contributed by atoms with Crippen molar-refractivity contribution in [2.45, 2.75) is 49.8 Å². The number of halogens is 1. The molecule has 90 valence electrons. The molecule has 0 spiro atoms. The second kappa shape index (κ2) is 12.5. The minimum absolute atomic E-state index is 0. The predicted octanol–water partition coefficient (Wildman–Crippen LogP) is 2.00. The number of carboxylic acid groups (broad SMARTS) is 2. The van der Waals surface area contributed by atoms with Crippen molar-refractivity contribution in [3.8, 4) is 0 Å². The molecule has 6 heteroatoms. The van der Waals surface area contributed by atoms with E-state index < -0.39 is 16.8 Å². The molecule has 0 aromatic carbocycles. The molecule has 0 amide bonds. The molecule has 16 heavy (non-hydrogen) atoms. The average Bonchev–Trinajstić information content (AvgIpc) is 2.15. The summed E-state index contributed by atoms with van der Waals surface area (Å²) in [7, 11) is 0. The molecule has 0 rings (SSSR count). The van der Waals surface area contributed by atoms with Gasteiger partial charge in [0, 0.05) is 6.42 Å². The Morgan fingerprint density at radius 3 is 2.00 bits per heavy atom. The Morgan fingerprint density at radius 2 is 1.50 bits per heavy atom. The van der Waals surface area contributed by atoms with E-state index in [4.69, 9.17) is 10.2 Å². The van der Waals surface area contributed by atoms with Crippen LogP contribution in [-0.4, -0.2) is 78.4 Å². The van der Waals surface area contributed by atoms with E-state index in [2.05, 4.69) is 15.9 Å². The van der Waals surface area contributed by atoms with Gasteiger partial charge in [-0.05, 0) is 12.8 Å². The first-order valence-corrected chi connectivity index (χ1v) is 6.04. The summed E-state index contributed by atoms with van der Waals surface area (Å²) in [5.41, 5.74) is 0. The second-order valence-corrected chi connectivity index (χ2v) is 4.61. The topological polar surface area (TPSA) is 74.6 Å². The van der Waals surface area contributed by atoms with Gasteiger partial charge in [-0.25, -0.2) is 0 Å². The molecule has 0 aromatic heterocycles. The zero-order valence-electron chi connectivity index (χ0n) is 8.62. The van der Waals surface area contributed by atoms with Crippen molar-refractivity contribution < 1.29 is 19.8 Å². The molecule has 0 saturated carbocycles. The van der Waals surface area contributed by atoms with Crippen LogP contribution in [0, 0.1) is 0 Å². The van der Waals surface area contributed by atoms with E-state index in [0.29, 0.717) is 12.8 Å². The summed E-state index contributed by atoms with van der Waals surface area (Å²) in [6.45, 7) is 0. The minimum atomic E-state index is -0.819. The van der Waals surface area contributed by atoms with Crippen molar-refractivity contribution in [3.63, 3.8) is 0 Å². The number of carbonyl (C=O) groups is 2. The van der Waals surface area contributed by atoms with Gasteiger partial charge >= 0.3 is 63.3 Å². The number of alkyl halides is 1. The molecule has 2 N–H and O–H groups in total. The maximum absolute atomic E-state index is 10.4. The monoisotopic (exact) mass is 320 g/mol. The number of aliphatic carboxylic acids is 2. The van der Waals surface area contributed by atoms with Gasteiger partial charge < -0.3 is 10.2 Å². The third-order valence-corrected chi connectivity index (χ3v) is 2.97. The number of unbranched alkanes of at least 4 members (excludes halogenated alkanes) is 4. The Kier molecular flexibility index (Phi) is 15.2. The fourth-order valence-corrected chi connectivity index (χ4v) is 1.58. The number of carboxylic acids is 2. The van der Waals surface area contributed by atoms with Gasteiger partial charge in [0.1, 0.15) is 4.83 Å². The van der Waals surface area contributed by atoms with Gasteiger partial charge in [-0.1, -0.05) is 41.6 Å². The molecule has 0 aliphatic rings. The van der Waals surface area contributed by atoms with Crippen LogP contribution in [0.1, 0.15) is 44.9 Å². The molecular weight excluding hydrogens is 303 g/mol. The van der Waals surface area contributed by atoms with Gasteiger partial charge in [0.25, 0.3) is 0 Å². The van der Waals surface area contributed by atoms with E-state index in [1.54, 1.807) is 0 Å². The first-order chi connectivity index (χ1) is 7.04. The predicted molar refractivity (Wildman–Crippen MR) is 67.5 cm³/mol. The van der Waals surface area contributed by atoms with Gasteiger partial charge in [0.05, 0.1) is 0 Å². The maximum atomic E-state index is 10.4. The van der Waals surface area contributed by atoms with Crippen molar-refractivity contribution >= 4 is 79.3 Å². The molecule has 0 saturated heterocycles. The van der Waals surface area contributed by atoms with E-state index >= 15 is 0 Å². The summed E-state index contributed by atoms with van der Waals surface area (Å²) in [6.07, 6.45) is 5.31. The number of hydrogen-bond donors (Lipinski definition) is 2. The molecular formula is C10H18BrKO4.